The van der Waals surface area contributed by atoms with Gasteiger partial charge in [-0.1, -0.05) is 6.42 Å². The lowest BCUT2D eigenvalue weighted by Crippen LogP contribution is -2.34. The van der Waals surface area contributed by atoms with Crippen LogP contribution in [0.3, 0.4) is 0 Å². The lowest BCUT2D eigenvalue weighted by Gasteiger charge is -2.25. The van der Waals surface area contributed by atoms with E-state index in [0.29, 0.717) is 36.1 Å². The molecule has 0 spiro atoms. The van der Waals surface area contributed by atoms with E-state index in [-0.39, 0.29) is 23.7 Å². The van der Waals surface area contributed by atoms with Crippen molar-refractivity contribution in [2.45, 2.75) is 58.5 Å². The van der Waals surface area contributed by atoms with Crippen molar-refractivity contribution >= 4 is 23.3 Å². The molecule has 8 nitrogen and oxygen atoms in total. The van der Waals surface area contributed by atoms with E-state index in [1.54, 1.807) is 10.7 Å². The first-order valence-corrected chi connectivity index (χ1v) is 12.3. The molecule has 0 radical (unpaired) electrons. The van der Waals surface area contributed by atoms with Gasteiger partial charge in [0.1, 0.15) is 5.56 Å². The normalized spacial score (nSPS) is 18.8. The standard InChI is InChI=1S/C26H30N6O2/c1-14-10-18(11-19-13-31(26(34)21(14)19)15(2)17-6-7-17)20-8-9-32-24(29-20)22(23(27)30-32)25(33)28-12-16-4-3-5-16/h8-11,15-17H,3-7,12-13H2,1-2H3,(H2,27,30)(H,28,33). The van der Waals surface area contributed by atoms with Gasteiger partial charge in [0.15, 0.2) is 11.5 Å². The fourth-order valence-electron chi connectivity index (χ4n) is 5.35. The zero-order valence-corrected chi connectivity index (χ0v) is 19.7. The van der Waals surface area contributed by atoms with Gasteiger partial charge in [-0.2, -0.15) is 0 Å². The van der Waals surface area contributed by atoms with Gasteiger partial charge in [0.25, 0.3) is 11.8 Å². The summed E-state index contributed by atoms with van der Waals surface area (Å²) in [7, 11) is 0. The molecular formula is C26H30N6O2. The second-order valence-corrected chi connectivity index (χ2v) is 10.2. The zero-order valence-electron chi connectivity index (χ0n) is 19.7. The van der Waals surface area contributed by atoms with Crippen LogP contribution in [0.2, 0.25) is 0 Å². The first-order valence-electron chi connectivity index (χ1n) is 12.3. The summed E-state index contributed by atoms with van der Waals surface area (Å²) in [5.41, 5.74) is 11.3. The Balaban J connectivity index is 1.33. The van der Waals surface area contributed by atoms with Gasteiger partial charge in [-0.25, -0.2) is 9.50 Å². The monoisotopic (exact) mass is 458 g/mol. The third-order valence-electron chi connectivity index (χ3n) is 7.84. The van der Waals surface area contributed by atoms with Crippen LogP contribution >= 0.6 is 0 Å². The molecule has 1 aromatic carbocycles. The van der Waals surface area contributed by atoms with E-state index in [0.717, 1.165) is 40.8 Å². The molecule has 2 fully saturated rings. The van der Waals surface area contributed by atoms with E-state index < -0.39 is 0 Å². The first-order chi connectivity index (χ1) is 16.4. The van der Waals surface area contributed by atoms with Gasteiger partial charge in [0.05, 0.1) is 5.69 Å². The van der Waals surface area contributed by atoms with Crippen LogP contribution in [-0.2, 0) is 6.54 Å². The summed E-state index contributed by atoms with van der Waals surface area (Å²) >= 11 is 0. The van der Waals surface area contributed by atoms with Crippen LogP contribution in [0.15, 0.2) is 24.4 Å². The number of hydrogen-bond acceptors (Lipinski definition) is 5. The number of benzene rings is 1. The highest BCUT2D eigenvalue weighted by Crippen LogP contribution is 2.39. The van der Waals surface area contributed by atoms with Crippen molar-refractivity contribution in [3.63, 3.8) is 0 Å². The molecule has 0 bridgehead atoms. The molecule has 176 valence electrons. The van der Waals surface area contributed by atoms with Gasteiger partial charge in [0.2, 0.25) is 0 Å². The Morgan fingerprint density at radius 1 is 1.26 bits per heavy atom. The zero-order chi connectivity index (χ0) is 23.6. The number of rotatable bonds is 6. The Bertz CT molecular complexity index is 1320. The maximum atomic E-state index is 13.1. The number of carbonyl (C=O) groups excluding carboxylic acids is 2. The fourth-order valence-corrected chi connectivity index (χ4v) is 5.35. The first kappa shape index (κ1) is 21.1. The van der Waals surface area contributed by atoms with Gasteiger partial charge < -0.3 is 16.0 Å². The lowest BCUT2D eigenvalue weighted by atomic mass is 9.85. The van der Waals surface area contributed by atoms with Crippen molar-refractivity contribution in [1.82, 2.24) is 24.8 Å². The highest BCUT2D eigenvalue weighted by atomic mass is 16.2. The summed E-state index contributed by atoms with van der Waals surface area (Å²) in [6, 6.07) is 6.22. The van der Waals surface area contributed by atoms with Crippen LogP contribution in [0.4, 0.5) is 5.82 Å². The minimum atomic E-state index is -0.232. The van der Waals surface area contributed by atoms with Crippen molar-refractivity contribution < 1.29 is 9.59 Å². The Morgan fingerprint density at radius 3 is 2.76 bits per heavy atom. The molecule has 2 amide bonds. The fraction of sp³-hybridized carbons (Fsp3) is 0.462. The average Bonchev–Trinajstić information content (AvgIpc) is 3.49. The molecule has 0 saturated heterocycles. The van der Waals surface area contributed by atoms with Crippen molar-refractivity contribution in [3.05, 3.63) is 46.6 Å². The minimum Gasteiger partial charge on any atom is -0.381 e. The van der Waals surface area contributed by atoms with Crippen LogP contribution in [0.1, 0.15) is 70.9 Å². The predicted molar refractivity (Wildman–Crippen MR) is 129 cm³/mol. The number of carbonyl (C=O) groups is 2. The maximum Gasteiger partial charge on any atom is 0.258 e. The second-order valence-electron chi connectivity index (χ2n) is 10.2. The highest BCUT2D eigenvalue weighted by molar-refractivity contribution is 6.04. The van der Waals surface area contributed by atoms with Gasteiger partial charge in [-0.15, -0.1) is 5.10 Å². The second kappa shape index (κ2) is 7.82. The number of nitrogens with one attached hydrogen (secondary N) is 1. The molecule has 1 aliphatic heterocycles. The molecule has 3 aromatic rings. The number of aromatic nitrogens is 3. The summed E-state index contributed by atoms with van der Waals surface area (Å²) < 4.78 is 1.56. The number of aryl methyl sites for hydroxylation is 1. The van der Waals surface area contributed by atoms with E-state index in [1.807, 2.05) is 24.0 Å². The third kappa shape index (κ3) is 3.43. The largest absolute Gasteiger partial charge is 0.381 e. The number of nitrogens with zero attached hydrogens (tertiary/aromatic N) is 4. The number of nitrogens with two attached hydrogens (primary N) is 1. The maximum absolute atomic E-state index is 13.1. The number of anilines is 1. The van der Waals surface area contributed by atoms with E-state index in [2.05, 4.69) is 23.4 Å². The van der Waals surface area contributed by atoms with Crippen molar-refractivity contribution in [2.24, 2.45) is 11.8 Å². The molecule has 1 atom stereocenters. The summed E-state index contributed by atoms with van der Waals surface area (Å²) in [4.78, 5) is 32.8. The van der Waals surface area contributed by atoms with Crippen molar-refractivity contribution in [2.75, 3.05) is 12.3 Å². The summed E-state index contributed by atoms with van der Waals surface area (Å²) in [6.07, 6.45) is 7.74. The van der Waals surface area contributed by atoms with E-state index >= 15 is 0 Å². The molecule has 34 heavy (non-hydrogen) atoms. The van der Waals surface area contributed by atoms with Crippen LogP contribution in [0, 0.1) is 18.8 Å². The molecule has 2 saturated carbocycles. The predicted octanol–water partition coefficient (Wildman–Crippen LogP) is 3.57. The summed E-state index contributed by atoms with van der Waals surface area (Å²) in [5.74, 6) is 1.26. The van der Waals surface area contributed by atoms with E-state index in [1.165, 1.54) is 19.3 Å². The van der Waals surface area contributed by atoms with Crippen LogP contribution < -0.4 is 11.1 Å². The topological polar surface area (TPSA) is 106 Å². The van der Waals surface area contributed by atoms with Gasteiger partial charge in [0, 0.05) is 36.5 Å². The SMILES string of the molecule is Cc1cc(-c2ccn3nc(N)c(C(=O)NCC4CCC4)c3n2)cc2c1C(=O)N(C(C)C1CC1)C2. The average molecular weight is 459 g/mol. The lowest BCUT2D eigenvalue weighted by molar-refractivity contribution is 0.0696. The summed E-state index contributed by atoms with van der Waals surface area (Å²) in [6.45, 7) is 5.44. The van der Waals surface area contributed by atoms with E-state index in [9.17, 15) is 9.59 Å². The molecule has 3 aliphatic rings. The van der Waals surface area contributed by atoms with Gasteiger partial charge >= 0.3 is 0 Å². The third-order valence-corrected chi connectivity index (χ3v) is 7.84. The molecule has 2 aromatic heterocycles. The Kier molecular flexibility index (Phi) is 4.86. The van der Waals surface area contributed by atoms with Crippen molar-refractivity contribution in [1.29, 1.82) is 0 Å². The quantitative estimate of drug-likeness (QED) is 0.587. The molecule has 1 unspecified atom stereocenters. The molecule has 8 heteroatoms. The molecular weight excluding hydrogens is 428 g/mol. The summed E-state index contributed by atoms with van der Waals surface area (Å²) in [5, 5.41) is 7.29. The van der Waals surface area contributed by atoms with Crippen LogP contribution in [0.5, 0.6) is 0 Å². The van der Waals surface area contributed by atoms with Crippen LogP contribution in [0.25, 0.3) is 16.9 Å². The highest BCUT2D eigenvalue weighted by Gasteiger charge is 2.39. The minimum absolute atomic E-state index is 0.135. The van der Waals surface area contributed by atoms with Gasteiger partial charge in [-0.05, 0) is 80.7 Å². The molecule has 3 N–H and O–H groups in total. The number of hydrogen-bond donors (Lipinski definition) is 2. The number of fused-ring (bicyclic) bond motifs is 2. The van der Waals surface area contributed by atoms with E-state index in [4.69, 9.17) is 10.7 Å². The van der Waals surface area contributed by atoms with Crippen molar-refractivity contribution in [3.8, 4) is 11.3 Å². The molecule has 2 aliphatic carbocycles. The molecule has 3 heterocycles. The van der Waals surface area contributed by atoms with Crippen LogP contribution in [-0.4, -0.2) is 43.9 Å². The Labute approximate surface area is 198 Å². The molecule has 6 rings (SSSR count). The smallest absolute Gasteiger partial charge is 0.258 e. The number of nitrogen functional groups attached to an aromatic ring is 1. The van der Waals surface area contributed by atoms with Gasteiger partial charge in [-0.3, -0.25) is 9.59 Å². The Morgan fingerprint density at radius 2 is 2.06 bits per heavy atom. The Hall–Kier alpha value is -3.42. The number of amides is 2.